The highest BCUT2D eigenvalue weighted by Gasteiger charge is 2.15. The molecule has 1 fully saturated rings. The third-order valence-corrected chi connectivity index (χ3v) is 3.82. The van der Waals surface area contributed by atoms with E-state index < -0.39 is 0 Å². The van der Waals surface area contributed by atoms with Crippen LogP contribution in [0.25, 0.3) is 0 Å². The molecule has 0 aliphatic heterocycles. The van der Waals surface area contributed by atoms with Crippen LogP contribution in [0.4, 0.5) is 0 Å². The van der Waals surface area contributed by atoms with Crippen molar-refractivity contribution in [1.82, 2.24) is 10.3 Å². The van der Waals surface area contributed by atoms with Crippen LogP contribution in [-0.2, 0) is 6.42 Å². The Balaban J connectivity index is 1.68. The third-order valence-electron chi connectivity index (χ3n) is 3.82. The molecule has 1 aromatic rings. The first-order valence-electron chi connectivity index (χ1n) is 7.10. The van der Waals surface area contributed by atoms with E-state index in [1.165, 1.54) is 25.7 Å². The molecule has 3 heteroatoms. The van der Waals surface area contributed by atoms with Crippen molar-refractivity contribution < 1.29 is 5.11 Å². The highest BCUT2D eigenvalue weighted by atomic mass is 16.3. The molecule has 1 unspecified atom stereocenters. The highest BCUT2D eigenvalue weighted by Crippen LogP contribution is 2.23. The first-order valence-corrected chi connectivity index (χ1v) is 7.10. The standard InChI is InChI=1S/C15H24N2O/c18-12-14(9-15-7-3-4-8-17-15)11-16-10-13-5-1-2-6-13/h3-4,7-8,13-14,16,18H,1-2,5-6,9-12H2. The fourth-order valence-corrected chi connectivity index (χ4v) is 2.72. The number of nitrogens with one attached hydrogen (secondary N) is 1. The van der Waals surface area contributed by atoms with Crippen molar-refractivity contribution in [1.29, 1.82) is 0 Å². The molecule has 0 saturated heterocycles. The zero-order chi connectivity index (χ0) is 12.6. The maximum atomic E-state index is 9.41. The molecule has 100 valence electrons. The van der Waals surface area contributed by atoms with Gasteiger partial charge in [0.15, 0.2) is 0 Å². The molecule has 3 nitrogen and oxygen atoms in total. The molecule has 18 heavy (non-hydrogen) atoms. The average molecular weight is 248 g/mol. The van der Waals surface area contributed by atoms with Gasteiger partial charge >= 0.3 is 0 Å². The monoisotopic (exact) mass is 248 g/mol. The van der Waals surface area contributed by atoms with Gasteiger partial charge in [-0.2, -0.15) is 0 Å². The number of aromatic nitrogens is 1. The Labute approximate surface area is 110 Å². The van der Waals surface area contributed by atoms with Gasteiger partial charge in [0.25, 0.3) is 0 Å². The van der Waals surface area contributed by atoms with Crippen molar-refractivity contribution in [3.8, 4) is 0 Å². The van der Waals surface area contributed by atoms with Gasteiger partial charge in [-0.25, -0.2) is 0 Å². The van der Waals surface area contributed by atoms with Crippen LogP contribution < -0.4 is 5.32 Å². The van der Waals surface area contributed by atoms with Crippen LogP contribution in [0.15, 0.2) is 24.4 Å². The number of aliphatic hydroxyl groups is 1. The summed E-state index contributed by atoms with van der Waals surface area (Å²) in [5.74, 6) is 1.14. The predicted octanol–water partition coefficient (Wildman–Crippen LogP) is 2.01. The van der Waals surface area contributed by atoms with Crippen LogP contribution in [-0.4, -0.2) is 29.8 Å². The zero-order valence-electron chi connectivity index (χ0n) is 11.0. The highest BCUT2D eigenvalue weighted by molar-refractivity contribution is 5.04. The molecule has 0 radical (unpaired) electrons. The Bertz CT molecular complexity index is 323. The van der Waals surface area contributed by atoms with E-state index in [9.17, 15) is 5.11 Å². The van der Waals surface area contributed by atoms with Gasteiger partial charge in [0, 0.05) is 25.0 Å². The first kappa shape index (κ1) is 13.5. The predicted molar refractivity (Wildman–Crippen MR) is 73.3 cm³/mol. The SMILES string of the molecule is OCC(CNCC1CCCC1)Cc1ccccn1. The molecule has 1 aliphatic rings. The van der Waals surface area contributed by atoms with E-state index >= 15 is 0 Å². The molecule has 2 rings (SSSR count). The molecule has 0 spiro atoms. The summed E-state index contributed by atoms with van der Waals surface area (Å²) in [6, 6.07) is 5.96. The number of pyridine rings is 1. The molecule has 1 atom stereocenters. The minimum absolute atomic E-state index is 0.230. The maximum Gasteiger partial charge on any atom is 0.0475 e. The number of hydrogen-bond acceptors (Lipinski definition) is 3. The Morgan fingerprint density at radius 1 is 1.33 bits per heavy atom. The van der Waals surface area contributed by atoms with E-state index in [4.69, 9.17) is 0 Å². The minimum Gasteiger partial charge on any atom is -0.396 e. The Hall–Kier alpha value is -0.930. The Kier molecular flexibility index (Phi) is 5.62. The van der Waals surface area contributed by atoms with Gasteiger partial charge in [-0.3, -0.25) is 4.98 Å². The van der Waals surface area contributed by atoms with Crippen LogP contribution in [0.3, 0.4) is 0 Å². The van der Waals surface area contributed by atoms with Gasteiger partial charge in [-0.1, -0.05) is 18.9 Å². The Morgan fingerprint density at radius 2 is 2.17 bits per heavy atom. The molecule has 1 aliphatic carbocycles. The van der Waals surface area contributed by atoms with E-state index in [1.807, 2.05) is 24.4 Å². The third kappa shape index (κ3) is 4.39. The van der Waals surface area contributed by atoms with E-state index in [-0.39, 0.29) is 12.5 Å². The lowest BCUT2D eigenvalue weighted by Gasteiger charge is -2.16. The van der Waals surface area contributed by atoms with Gasteiger partial charge in [-0.05, 0) is 49.8 Å². The fraction of sp³-hybridized carbons (Fsp3) is 0.667. The topological polar surface area (TPSA) is 45.1 Å². The smallest absolute Gasteiger partial charge is 0.0475 e. The molecule has 2 N–H and O–H groups in total. The molecular formula is C15H24N2O. The van der Waals surface area contributed by atoms with Gasteiger partial charge < -0.3 is 10.4 Å². The maximum absolute atomic E-state index is 9.41. The number of nitrogens with zero attached hydrogens (tertiary/aromatic N) is 1. The second kappa shape index (κ2) is 7.49. The van der Waals surface area contributed by atoms with Crippen LogP contribution >= 0.6 is 0 Å². The van der Waals surface area contributed by atoms with Gasteiger partial charge in [0.2, 0.25) is 0 Å². The van der Waals surface area contributed by atoms with Crippen molar-refractivity contribution in [3.63, 3.8) is 0 Å². The van der Waals surface area contributed by atoms with Crippen molar-refractivity contribution >= 4 is 0 Å². The largest absolute Gasteiger partial charge is 0.396 e. The summed E-state index contributed by atoms with van der Waals surface area (Å²) >= 11 is 0. The lowest BCUT2D eigenvalue weighted by atomic mass is 10.0. The first-order chi connectivity index (χ1) is 8.88. The molecular weight excluding hydrogens is 224 g/mol. The Morgan fingerprint density at radius 3 is 2.83 bits per heavy atom. The minimum atomic E-state index is 0.230. The van der Waals surface area contributed by atoms with E-state index in [1.54, 1.807) is 0 Å². The fourth-order valence-electron chi connectivity index (χ4n) is 2.72. The second-order valence-electron chi connectivity index (χ2n) is 5.38. The van der Waals surface area contributed by atoms with Crippen molar-refractivity contribution in [3.05, 3.63) is 30.1 Å². The van der Waals surface area contributed by atoms with Crippen LogP contribution in [0.1, 0.15) is 31.4 Å². The zero-order valence-corrected chi connectivity index (χ0v) is 11.0. The summed E-state index contributed by atoms with van der Waals surface area (Å²) < 4.78 is 0. The lowest BCUT2D eigenvalue weighted by molar-refractivity contribution is 0.219. The quantitative estimate of drug-likeness (QED) is 0.776. The number of hydrogen-bond donors (Lipinski definition) is 2. The molecule has 1 aromatic heterocycles. The second-order valence-corrected chi connectivity index (χ2v) is 5.38. The molecule has 1 heterocycles. The van der Waals surface area contributed by atoms with Crippen molar-refractivity contribution in [2.45, 2.75) is 32.1 Å². The van der Waals surface area contributed by atoms with E-state index in [2.05, 4.69) is 10.3 Å². The summed E-state index contributed by atoms with van der Waals surface area (Å²) in [4.78, 5) is 4.31. The van der Waals surface area contributed by atoms with E-state index in [0.717, 1.165) is 31.1 Å². The summed E-state index contributed by atoms with van der Waals surface area (Å²) in [6.07, 6.45) is 8.20. The van der Waals surface area contributed by atoms with Gasteiger partial charge in [0.05, 0.1) is 0 Å². The van der Waals surface area contributed by atoms with Crippen molar-refractivity contribution in [2.75, 3.05) is 19.7 Å². The van der Waals surface area contributed by atoms with Gasteiger partial charge in [-0.15, -0.1) is 0 Å². The average Bonchev–Trinajstić information content (AvgIpc) is 2.92. The van der Waals surface area contributed by atoms with Crippen LogP contribution in [0, 0.1) is 11.8 Å². The summed E-state index contributed by atoms with van der Waals surface area (Å²) in [5.41, 5.74) is 1.07. The lowest BCUT2D eigenvalue weighted by Crippen LogP contribution is -2.30. The number of rotatable bonds is 7. The van der Waals surface area contributed by atoms with Crippen molar-refractivity contribution in [2.24, 2.45) is 11.8 Å². The normalized spacial score (nSPS) is 18.1. The van der Waals surface area contributed by atoms with E-state index in [0.29, 0.717) is 0 Å². The summed E-state index contributed by atoms with van der Waals surface area (Å²) in [7, 11) is 0. The summed E-state index contributed by atoms with van der Waals surface area (Å²) in [6.45, 7) is 2.23. The van der Waals surface area contributed by atoms with Gasteiger partial charge in [0.1, 0.15) is 0 Å². The molecule has 0 amide bonds. The number of aliphatic hydroxyl groups excluding tert-OH is 1. The molecule has 0 bridgehead atoms. The van der Waals surface area contributed by atoms with Crippen LogP contribution in [0.2, 0.25) is 0 Å². The van der Waals surface area contributed by atoms with Crippen LogP contribution in [0.5, 0.6) is 0 Å². The molecule has 1 saturated carbocycles. The summed E-state index contributed by atoms with van der Waals surface area (Å²) in [5, 5.41) is 12.9. The molecule has 0 aromatic carbocycles.